The van der Waals surface area contributed by atoms with Crippen LogP contribution in [0, 0.1) is 16.7 Å². The number of carboxylic acid groups (broad SMARTS) is 1. The Morgan fingerprint density at radius 1 is 0.744 bits per heavy atom. The Labute approximate surface area is 457 Å². The highest BCUT2D eigenvalue weighted by molar-refractivity contribution is 5.96. The van der Waals surface area contributed by atoms with Gasteiger partial charge in [-0.25, -0.2) is 9.59 Å². The number of ketones is 1. The monoisotopic (exact) mass is 1080 g/mol. The number of nitrogens with one attached hydrogen (secondary N) is 1. The molecule has 0 spiro atoms. The first-order valence-corrected chi connectivity index (χ1v) is 27.5. The van der Waals surface area contributed by atoms with Gasteiger partial charge in [0.25, 0.3) is 5.91 Å². The molecule has 424 valence electrons. The fraction of sp³-hybridized carbons (Fsp3) is 0.557. The maximum Gasteiger partial charge on any atom is 0.338 e. The molecule has 1 saturated heterocycles. The summed E-state index contributed by atoms with van der Waals surface area (Å²) in [5, 5.41) is 48.7. The Balaban J connectivity index is 0.000000533. The number of carboxylic acids is 1. The summed E-state index contributed by atoms with van der Waals surface area (Å²) >= 11 is 0. The second-order valence-corrected chi connectivity index (χ2v) is 22.0. The molecule has 2 bridgehead atoms. The number of esters is 4. The number of ether oxygens (including phenoxy) is 5. The standard InChI is InChI=1S/C47H51NO14.C14H28O2/c1-25-31(60-43(56)36(52)35(28-16-10-7-11-17-28)48-41(54)29-18-12-8-13-19-29)23-47(57)40(61-42(55)30-20-14-9-15-21-30)38-45(6,32(51)22-33-46(38,24-58-33)62-27(3)50)39(53)37(59-26(2)49)34(25)44(47,4)5;1-2-3-4-5-6-7-8-9-10-11-12-13-14(15)16/h7-21,31-33,35-38,40,51-52,57H,22-24H2,1-6H3,(H,48,54);2-13H2,1H3,(H,15,16)/t31-,32-,33+,35-,36+,37+,38-,40-,45+,46-,47+;/m0./s1. The van der Waals surface area contributed by atoms with Gasteiger partial charge >= 0.3 is 29.8 Å². The zero-order valence-corrected chi connectivity index (χ0v) is 46.1. The number of carbonyl (C=O) groups excluding carboxylic acids is 6. The van der Waals surface area contributed by atoms with Crippen molar-refractivity contribution in [2.24, 2.45) is 16.7 Å². The number of hydrogen-bond acceptors (Lipinski definition) is 15. The molecular formula is C61H79NO16. The first-order valence-electron chi connectivity index (χ1n) is 27.5. The van der Waals surface area contributed by atoms with E-state index < -0.39 is 119 Å². The summed E-state index contributed by atoms with van der Waals surface area (Å²) in [6, 6.07) is 22.9. The van der Waals surface area contributed by atoms with E-state index in [2.05, 4.69) is 12.2 Å². The van der Waals surface area contributed by atoms with E-state index in [1.807, 2.05) is 0 Å². The van der Waals surface area contributed by atoms with Crippen molar-refractivity contribution in [3.8, 4) is 0 Å². The lowest BCUT2D eigenvalue weighted by Crippen LogP contribution is -2.82. The number of carbonyl (C=O) groups is 7. The highest BCUT2D eigenvalue weighted by Crippen LogP contribution is 2.64. The van der Waals surface area contributed by atoms with Crippen LogP contribution in [0.1, 0.15) is 171 Å². The summed E-state index contributed by atoms with van der Waals surface area (Å²) in [6.45, 7) is 10.2. The Morgan fingerprint density at radius 2 is 1.28 bits per heavy atom. The highest BCUT2D eigenvalue weighted by Gasteiger charge is 2.78. The molecule has 1 heterocycles. The number of amides is 1. The van der Waals surface area contributed by atoms with Crippen LogP contribution in [0.3, 0.4) is 0 Å². The number of fused-ring (bicyclic) bond motifs is 5. The van der Waals surface area contributed by atoms with E-state index in [0.29, 0.717) is 12.0 Å². The molecule has 3 aliphatic carbocycles. The molecular weight excluding hydrogens is 1000 g/mol. The fourth-order valence-corrected chi connectivity index (χ4v) is 12.1. The normalized spacial score (nSPS) is 27.5. The van der Waals surface area contributed by atoms with E-state index in [-0.39, 0.29) is 35.3 Å². The van der Waals surface area contributed by atoms with Crippen LogP contribution in [-0.4, -0.2) is 116 Å². The maximum atomic E-state index is 15.5. The van der Waals surface area contributed by atoms with Crippen molar-refractivity contribution in [2.45, 2.75) is 192 Å². The summed E-state index contributed by atoms with van der Waals surface area (Å²) in [5.41, 5.74) is -7.02. The van der Waals surface area contributed by atoms with E-state index in [0.717, 1.165) is 26.7 Å². The topological polar surface area (TPSA) is 259 Å². The average Bonchev–Trinajstić information content (AvgIpc) is 3.60. The molecule has 3 aromatic carbocycles. The van der Waals surface area contributed by atoms with E-state index in [4.69, 9.17) is 28.8 Å². The third-order valence-electron chi connectivity index (χ3n) is 16.5. The van der Waals surface area contributed by atoms with Crippen molar-refractivity contribution in [3.05, 3.63) is 119 Å². The second kappa shape index (κ2) is 26.6. The summed E-state index contributed by atoms with van der Waals surface area (Å²) < 4.78 is 30.3. The molecule has 3 fully saturated rings. The van der Waals surface area contributed by atoms with Crippen LogP contribution in [-0.2, 0) is 47.7 Å². The lowest BCUT2D eigenvalue weighted by atomic mass is 9.44. The second-order valence-electron chi connectivity index (χ2n) is 22.0. The molecule has 11 atom stereocenters. The SMILES string of the molecule is CC(=O)O[C@H]1C(=O)[C@@]2(C)[C@H]([C@H](OC(=O)c3ccccc3)[C@]3(O)C[C@H](OC(=O)[C@H](O)[C@@H](NC(=O)c4ccccc4)c4ccccc4)C(C)=C1C3(C)C)[C@]1(OC(C)=O)CO[C@@H]1C[C@@H]2O.CCCCCCCCCCCCCC(=O)O. The van der Waals surface area contributed by atoms with Gasteiger partial charge in [0.05, 0.1) is 35.6 Å². The van der Waals surface area contributed by atoms with Crippen LogP contribution >= 0.6 is 0 Å². The number of benzene rings is 3. The van der Waals surface area contributed by atoms with Gasteiger partial charge in [0.15, 0.2) is 23.6 Å². The lowest BCUT2D eigenvalue weighted by molar-refractivity contribution is -0.346. The van der Waals surface area contributed by atoms with Crippen molar-refractivity contribution < 1.29 is 77.7 Å². The fourth-order valence-electron chi connectivity index (χ4n) is 12.1. The third kappa shape index (κ3) is 13.2. The summed E-state index contributed by atoms with van der Waals surface area (Å²) in [7, 11) is 0. The number of aliphatic hydroxyl groups is 3. The van der Waals surface area contributed by atoms with Gasteiger partial charge in [-0.3, -0.25) is 24.0 Å². The van der Waals surface area contributed by atoms with Crippen LogP contribution in [0.5, 0.6) is 0 Å². The summed E-state index contributed by atoms with van der Waals surface area (Å²) in [4.78, 5) is 93.7. The number of aliphatic carboxylic acids is 1. The van der Waals surface area contributed by atoms with Crippen LogP contribution in [0.2, 0.25) is 0 Å². The van der Waals surface area contributed by atoms with Gasteiger partial charge in [-0.15, -0.1) is 0 Å². The highest BCUT2D eigenvalue weighted by atomic mass is 16.6. The Kier molecular flexibility index (Phi) is 20.8. The van der Waals surface area contributed by atoms with E-state index in [9.17, 15) is 44.1 Å². The third-order valence-corrected chi connectivity index (χ3v) is 16.5. The lowest BCUT2D eigenvalue weighted by Gasteiger charge is -2.67. The van der Waals surface area contributed by atoms with Gasteiger partial charge in [0, 0.05) is 44.1 Å². The minimum atomic E-state index is -2.39. The smallest absolute Gasteiger partial charge is 0.338 e. The molecule has 0 aromatic heterocycles. The Hall–Kier alpha value is -6.27. The van der Waals surface area contributed by atoms with Crippen LogP contribution in [0.15, 0.2) is 102 Å². The van der Waals surface area contributed by atoms with Gasteiger partial charge < -0.3 is 49.4 Å². The van der Waals surface area contributed by atoms with Gasteiger partial charge in [-0.1, -0.05) is 152 Å². The van der Waals surface area contributed by atoms with E-state index in [1.54, 1.807) is 92.7 Å². The first kappa shape index (κ1) is 61.0. The van der Waals surface area contributed by atoms with Gasteiger partial charge in [-0.2, -0.15) is 0 Å². The first-order chi connectivity index (χ1) is 37.0. The quantitative estimate of drug-likeness (QED) is 0.0273. The molecule has 0 radical (unpaired) electrons. The van der Waals surface area contributed by atoms with Crippen molar-refractivity contribution in [3.63, 3.8) is 0 Å². The molecule has 1 amide bonds. The molecule has 17 heteroatoms. The van der Waals surface area contributed by atoms with Gasteiger partial charge in [0.2, 0.25) is 0 Å². The predicted octanol–water partition coefficient (Wildman–Crippen LogP) is 8.51. The van der Waals surface area contributed by atoms with Crippen molar-refractivity contribution in [1.29, 1.82) is 0 Å². The molecule has 78 heavy (non-hydrogen) atoms. The average molecular weight is 1080 g/mol. The molecule has 4 aliphatic rings. The van der Waals surface area contributed by atoms with E-state index in [1.165, 1.54) is 83.8 Å². The number of Topliss-reactive ketones (excluding diaryl/α,β-unsaturated/α-hetero) is 1. The van der Waals surface area contributed by atoms with Gasteiger partial charge in [-0.05, 0) is 61.2 Å². The zero-order valence-electron chi connectivity index (χ0n) is 46.1. The van der Waals surface area contributed by atoms with Crippen LogP contribution < -0.4 is 5.32 Å². The van der Waals surface area contributed by atoms with Crippen LogP contribution in [0.4, 0.5) is 0 Å². The zero-order chi connectivity index (χ0) is 57.0. The molecule has 2 saturated carbocycles. The van der Waals surface area contributed by atoms with Crippen LogP contribution in [0.25, 0.3) is 0 Å². The Morgan fingerprint density at radius 3 is 1.79 bits per heavy atom. The van der Waals surface area contributed by atoms with Crippen molar-refractivity contribution in [1.82, 2.24) is 5.32 Å². The molecule has 5 N–H and O–H groups in total. The summed E-state index contributed by atoms with van der Waals surface area (Å²) in [5.74, 6) is -7.50. The van der Waals surface area contributed by atoms with E-state index >= 15 is 4.79 Å². The predicted molar refractivity (Wildman–Crippen MR) is 286 cm³/mol. The molecule has 17 nitrogen and oxygen atoms in total. The molecule has 7 rings (SSSR count). The van der Waals surface area contributed by atoms with Crippen molar-refractivity contribution in [2.75, 3.05) is 6.61 Å². The number of rotatable bonds is 22. The minimum absolute atomic E-state index is 0.00289. The molecule has 1 aliphatic heterocycles. The molecule has 3 aromatic rings. The number of aliphatic hydroxyl groups excluding tert-OH is 2. The number of hydrogen-bond donors (Lipinski definition) is 5. The summed E-state index contributed by atoms with van der Waals surface area (Å²) in [6.07, 6.45) is 3.85. The van der Waals surface area contributed by atoms with Gasteiger partial charge in [0.1, 0.15) is 23.9 Å². The Bertz CT molecular complexity index is 2600. The largest absolute Gasteiger partial charge is 0.481 e. The van der Waals surface area contributed by atoms with Crippen molar-refractivity contribution >= 4 is 41.5 Å². The number of unbranched alkanes of at least 4 members (excludes halogenated alkanes) is 10. The minimum Gasteiger partial charge on any atom is -0.481 e. The molecule has 0 unspecified atom stereocenters. The maximum absolute atomic E-state index is 15.5.